The fraction of sp³-hybridized carbons (Fsp3) is 0.333. The summed E-state index contributed by atoms with van der Waals surface area (Å²) in [5.74, 6) is 0. The molecule has 0 aliphatic heterocycles. The Balaban J connectivity index is 2.93. The molecule has 4 nitrogen and oxygen atoms in total. The van der Waals surface area contributed by atoms with Crippen molar-refractivity contribution in [1.82, 2.24) is 15.2 Å². The minimum Gasteiger partial charge on any atom is -0.280 e. The Morgan fingerprint density at radius 1 is 1.50 bits per heavy atom. The molecule has 12 heavy (non-hydrogen) atoms. The van der Waals surface area contributed by atoms with Crippen LogP contribution in [0, 0.1) is 0 Å². The molecule has 1 heterocycles. The zero-order valence-corrected chi connectivity index (χ0v) is 8.28. The number of thioether (sulfide) groups is 2. The number of carbonyl (C=O) groups excluding carboxylic acids is 1. The lowest BCUT2D eigenvalue weighted by atomic mass is 10.5. The van der Waals surface area contributed by atoms with Gasteiger partial charge in [-0.2, -0.15) is 5.10 Å². The third-order valence-electron chi connectivity index (χ3n) is 1.12. The quantitative estimate of drug-likeness (QED) is 0.668. The first-order valence-corrected chi connectivity index (χ1v) is 5.55. The molecule has 0 radical (unpaired) electrons. The van der Waals surface area contributed by atoms with E-state index in [0.717, 1.165) is 11.8 Å². The van der Waals surface area contributed by atoms with Crippen molar-refractivity contribution < 1.29 is 4.79 Å². The fourth-order valence-corrected chi connectivity index (χ4v) is 1.20. The molecule has 0 spiro atoms. The smallest absolute Gasteiger partial charge is 0.239 e. The van der Waals surface area contributed by atoms with Crippen LogP contribution in [0.25, 0.3) is 0 Å². The highest BCUT2D eigenvalue weighted by Crippen LogP contribution is 2.09. The van der Waals surface area contributed by atoms with Crippen LogP contribution in [0.5, 0.6) is 0 Å². The van der Waals surface area contributed by atoms with E-state index in [0.29, 0.717) is 10.9 Å². The van der Waals surface area contributed by atoms with Crippen molar-refractivity contribution in [2.75, 3.05) is 12.5 Å². The number of carbonyl (C=O) groups is 1. The number of aromatic nitrogens is 3. The van der Waals surface area contributed by atoms with E-state index in [1.54, 1.807) is 6.26 Å². The largest absolute Gasteiger partial charge is 0.280 e. The van der Waals surface area contributed by atoms with E-state index < -0.39 is 0 Å². The second kappa shape index (κ2) is 4.42. The Hall–Kier alpha value is -0.620. The van der Waals surface area contributed by atoms with Crippen molar-refractivity contribution in [2.45, 2.75) is 5.16 Å². The van der Waals surface area contributed by atoms with Gasteiger partial charge in [0, 0.05) is 0 Å². The van der Waals surface area contributed by atoms with Gasteiger partial charge in [-0.3, -0.25) is 4.79 Å². The van der Waals surface area contributed by atoms with Crippen LogP contribution >= 0.6 is 23.5 Å². The third kappa shape index (κ3) is 2.18. The van der Waals surface area contributed by atoms with Crippen molar-refractivity contribution in [3.63, 3.8) is 0 Å². The second-order valence-electron chi connectivity index (χ2n) is 1.82. The van der Waals surface area contributed by atoms with Crippen LogP contribution < -0.4 is 0 Å². The molecule has 0 aliphatic carbocycles. The number of hydrogen-bond donors (Lipinski definition) is 0. The van der Waals surface area contributed by atoms with Gasteiger partial charge in [0.25, 0.3) is 0 Å². The first-order valence-electron chi connectivity index (χ1n) is 3.10. The number of rotatable bonds is 2. The summed E-state index contributed by atoms with van der Waals surface area (Å²) in [6.45, 7) is 0. The Bertz CT molecular complexity index is 292. The molecule has 1 aromatic rings. The zero-order valence-electron chi connectivity index (χ0n) is 6.64. The number of hydrogen-bond acceptors (Lipinski definition) is 6. The molecule has 0 bridgehead atoms. The first kappa shape index (κ1) is 9.47. The fourth-order valence-electron chi connectivity index (χ4n) is 0.577. The lowest BCUT2D eigenvalue weighted by Crippen LogP contribution is -2.00. The molecule has 0 aliphatic rings. The summed E-state index contributed by atoms with van der Waals surface area (Å²) in [5.41, 5.74) is 0.363. The Morgan fingerprint density at radius 2 is 2.25 bits per heavy atom. The highest BCUT2D eigenvalue weighted by Gasteiger charge is 2.06. The van der Waals surface area contributed by atoms with Crippen LogP contribution in [0.4, 0.5) is 0 Å². The SMILES string of the molecule is CSC(=O)c1cnnc(SC)n1. The van der Waals surface area contributed by atoms with Crippen molar-refractivity contribution in [3.8, 4) is 0 Å². The molecule has 1 rings (SSSR count). The maximum Gasteiger partial charge on any atom is 0.239 e. The molecule has 6 heteroatoms. The van der Waals surface area contributed by atoms with Crippen LogP contribution in [-0.2, 0) is 0 Å². The zero-order chi connectivity index (χ0) is 8.97. The molecule has 0 unspecified atom stereocenters. The lowest BCUT2D eigenvalue weighted by Gasteiger charge is -1.96. The predicted octanol–water partition coefficient (Wildman–Crippen LogP) is 1.10. The van der Waals surface area contributed by atoms with Crippen LogP contribution in [0.15, 0.2) is 11.4 Å². The van der Waals surface area contributed by atoms with Crippen LogP contribution in [-0.4, -0.2) is 32.8 Å². The Morgan fingerprint density at radius 3 is 2.83 bits per heavy atom. The minimum absolute atomic E-state index is 0.0831. The molecule has 0 saturated carbocycles. The summed E-state index contributed by atoms with van der Waals surface area (Å²) in [5, 5.41) is 7.81. The normalized spacial score (nSPS) is 9.83. The molecular formula is C6H7N3OS2. The average molecular weight is 201 g/mol. The summed E-state index contributed by atoms with van der Waals surface area (Å²) < 4.78 is 0. The van der Waals surface area contributed by atoms with Gasteiger partial charge in [-0.1, -0.05) is 23.5 Å². The molecule has 0 amide bonds. The molecule has 0 N–H and O–H groups in total. The standard InChI is InChI=1S/C6H7N3OS2/c1-11-5(10)4-3-7-9-6(8-4)12-2/h3H,1-2H3. The molecule has 0 fully saturated rings. The third-order valence-corrected chi connectivity index (χ3v) is 2.23. The van der Waals surface area contributed by atoms with Gasteiger partial charge in [0.1, 0.15) is 5.69 Å². The topological polar surface area (TPSA) is 55.7 Å². The van der Waals surface area contributed by atoms with Gasteiger partial charge in [-0.05, 0) is 12.5 Å². The van der Waals surface area contributed by atoms with Gasteiger partial charge in [-0.25, -0.2) is 4.98 Å². The van der Waals surface area contributed by atoms with E-state index in [1.165, 1.54) is 18.0 Å². The van der Waals surface area contributed by atoms with Crippen molar-refractivity contribution in [2.24, 2.45) is 0 Å². The molecular weight excluding hydrogens is 194 g/mol. The highest BCUT2D eigenvalue weighted by molar-refractivity contribution is 8.13. The van der Waals surface area contributed by atoms with Crippen LogP contribution in [0.2, 0.25) is 0 Å². The van der Waals surface area contributed by atoms with Gasteiger partial charge in [0.15, 0.2) is 0 Å². The maximum atomic E-state index is 11.1. The van der Waals surface area contributed by atoms with E-state index in [9.17, 15) is 4.79 Å². The molecule has 0 atom stereocenters. The minimum atomic E-state index is -0.0831. The molecule has 64 valence electrons. The van der Waals surface area contributed by atoms with E-state index in [2.05, 4.69) is 15.2 Å². The van der Waals surface area contributed by atoms with Gasteiger partial charge in [-0.15, -0.1) is 5.10 Å². The summed E-state index contributed by atoms with van der Waals surface area (Å²) in [6, 6.07) is 0. The summed E-state index contributed by atoms with van der Waals surface area (Å²) in [4.78, 5) is 15.1. The monoisotopic (exact) mass is 201 g/mol. The Kier molecular flexibility index (Phi) is 3.48. The van der Waals surface area contributed by atoms with Gasteiger partial charge in [0.2, 0.25) is 10.3 Å². The van der Waals surface area contributed by atoms with Crippen molar-refractivity contribution >= 4 is 28.6 Å². The summed E-state index contributed by atoms with van der Waals surface area (Å²) in [7, 11) is 0. The molecule has 0 saturated heterocycles. The second-order valence-corrected chi connectivity index (χ2v) is 3.37. The van der Waals surface area contributed by atoms with Crippen LogP contribution in [0.3, 0.4) is 0 Å². The number of nitrogens with zero attached hydrogens (tertiary/aromatic N) is 3. The van der Waals surface area contributed by atoms with E-state index in [1.807, 2.05) is 6.26 Å². The average Bonchev–Trinajstić information content (AvgIpc) is 2.17. The van der Waals surface area contributed by atoms with Crippen LogP contribution in [0.1, 0.15) is 10.5 Å². The van der Waals surface area contributed by atoms with Gasteiger partial charge >= 0.3 is 0 Å². The van der Waals surface area contributed by atoms with Gasteiger partial charge < -0.3 is 0 Å². The van der Waals surface area contributed by atoms with E-state index in [4.69, 9.17) is 0 Å². The van der Waals surface area contributed by atoms with Gasteiger partial charge in [0.05, 0.1) is 6.20 Å². The summed E-state index contributed by atoms with van der Waals surface area (Å²) in [6.07, 6.45) is 4.92. The van der Waals surface area contributed by atoms with Crippen molar-refractivity contribution in [3.05, 3.63) is 11.9 Å². The van der Waals surface area contributed by atoms with Crippen molar-refractivity contribution in [1.29, 1.82) is 0 Å². The predicted molar refractivity (Wildman–Crippen MR) is 49.5 cm³/mol. The lowest BCUT2D eigenvalue weighted by molar-refractivity contribution is 0.108. The van der Waals surface area contributed by atoms with E-state index >= 15 is 0 Å². The molecule has 1 aromatic heterocycles. The maximum absolute atomic E-state index is 11.1. The van der Waals surface area contributed by atoms with E-state index in [-0.39, 0.29) is 5.12 Å². The first-order chi connectivity index (χ1) is 5.77. The summed E-state index contributed by atoms with van der Waals surface area (Å²) >= 11 is 2.48. The highest BCUT2D eigenvalue weighted by atomic mass is 32.2. The Labute approximate surface area is 78.6 Å². The molecule has 0 aromatic carbocycles.